The molecule has 0 unspecified atom stereocenters. The van der Waals surface area contributed by atoms with E-state index >= 15 is 0 Å². The van der Waals surface area contributed by atoms with Gasteiger partial charge in [0.15, 0.2) is 5.82 Å². The summed E-state index contributed by atoms with van der Waals surface area (Å²) in [6, 6.07) is 4.45. The molecule has 1 fully saturated rings. The van der Waals surface area contributed by atoms with Crippen molar-refractivity contribution < 1.29 is 12.8 Å². The molecule has 2 N–H and O–H groups in total. The molecule has 1 aliphatic rings. The zero-order chi connectivity index (χ0) is 14.5. The average Bonchev–Trinajstić information content (AvgIpc) is 3.10. The van der Waals surface area contributed by atoms with Crippen LogP contribution < -0.4 is 5.14 Å². The molecule has 1 aromatic heterocycles. The third kappa shape index (κ3) is 2.25. The smallest absolute Gasteiger partial charge is 0.273 e. The predicted molar refractivity (Wildman–Crippen MR) is 72.8 cm³/mol. The van der Waals surface area contributed by atoms with Crippen molar-refractivity contribution in [3.8, 4) is 11.4 Å². The molecule has 0 aliphatic heterocycles. The number of primary sulfonamides is 1. The van der Waals surface area contributed by atoms with E-state index in [2.05, 4.69) is 26.1 Å². The van der Waals surface area contributed by atoms with Gasteiger partial charge in [-0.05, 0) is 40.9 Å². The van der Waals surface area contributed by atoms with Crippen molar-refractivity contribution in [2.75, 3.05) is 0 Å². The summed E-state index contributed by atoms with van der Waals surface area (Å²) in [6.45, 7) is 0. The van der Waals surface area contributed by atoms with Crippen LogP contribution in [0.4, 0.5) is 4.39 Å². The van der Waals surface area contributed by atoms with Gasteiger partial charge in [0.1, 0.15) is 5.82 Å². The Kier molecular flexibility index (Phi) is 3.14. The fourth-order valence-electron chi connectivity index (χ4n) is 1.99. The molecule has 1 heterocycles. The SMILES string of the molecule is NS(=O)(=O)c1nnc(-c2cccc(F)c2Br)n1C1CC1. The first-order valence-corrected chi connectivity index (χ1v) is 8.15. The summed E-state index contributed by atoms with van der Waals surface area (Å²) in [5.74, 6) is -0.159. The van der Waals surface area contributed by atoms with Crippen molar-refractivity contribution in [3.63, 3.8) is 0 Å². The van der Waals surface area contributed by atoms with Crippen LogP contribution in [0.2, 0.25) is 0 Å². The zero-order valence-electron chi connectivity index (χ0n) is 10.1. The Bertz CT molecular complexity index is 786. The van der Waals surface area contributed by atoms with Gasteiger partial charge in [0.05, 0.1) is 4.47 Å². The van der Waals surface area contributed by atoms with Gasteiger partial charge in [-0.15, -0.1) is 10.2 Å². The molecule has 0 spiro atoms. The van der Waals surface area contributed by atoms with E-state index in [0.29, 0.717) is 11.4 Å². The quantitative estimate of drug-likeness (QED) is 0.903. The van der Waals surface area contributed by atoms with Gasteiger partial charge in [-0.1, -0.05) is 6.07 Å². The minimum Gasteiger partial charge on any atom is -0.294 e. The van der Waals surface area contributed by atoms with Crippen molar-refractivity contribution in [3.05, 3.63) is 28.5 Å². The van der Waals surface area contributed by atoms with Gasteiger partial charge in [-0.2, -0.15) is 0 Å². The van der Waals surface area contributed by atoms with Crippen LogP contribution >= 0.6 is 15.9 Å². The van der Waals surface area contributed by atoms with E-state index in [-0.39, 0.29) is 15.7 Å². The van der Waals surface area contributed by atoms with Crippen molar-refractivity contribution >= 4 is 26.0 Å². The van der Waals surface area contributed by atoms with Crippen LogP contribution in [0, 0.1) is 5.82 Å². The Balaban J connectivity index is 2.25. The largest absolute Gasteiger partial charge is 0.294 e. The molecule has 0 atom stereocenters. The second kappa shape index (κ2) is 4.61. The lowest BCUT2D eigenvalue weighted by Crippen LogP contribution is -2.18. The molecule has 9 heteroatoms. The summed E-state index contributed by atoms with van der Waals surface area (Å²) in [5, 5.41) is 12.4. The van der Waals surface area contributed by atoms with Crippen LogP contribution in [-0.2, 0) is 10.0 Å². The van der Waals surface area contributed by atoms with Crippen LogP contribution in [0.5, 0.6) is 0 Å². The molecule has 2 aromatic rings. The Morgan fingerprint density at radius 3 is 2.65 bits per heavy atom. The lowest BCUT2D eigenvalue weighted by Gasteiger charge is -2.09. The average molecular weight is 361 g/mol. The van der Waals surface area contributed by atoms with Crippen molar-refractivity contribution in [2.45, 2.75) is 24.0 Å². The molecule has 3 rings (SSSR count). The zero-order valence-corrected chi connectivity index (χ0v) is 12.5. The number of aromatic nitrogens is 3. The first-order valence-electron chi connectivity index (χ1n) is 5.81. The van der Waals surface area contributed by atoms with E-state index in [0.717, 1.165) is 12.8 Å². The monoisotopic (exact) mass is 360 g/mol. The molecule has 0 amide bonds. The van der Waals surface area contributed by atoms with Gasteiger partial charge in [-0.3, -0.25) is 4.57 Å². The number of halogens is 2. The Hall–Kier alpha value is -1.32. The van der Waals surface area contributed by atoms with Gasteiger partial charge in [-0.25, -0.2) is 17.9 Å². The molecule has 0 saturated heterocycles. The van der Waals surface area contributed by atoms with Crippen molar-refractivity contribution in [2.24, 2.45) is 5.14 Å². The highest BCUT2D eigenvalue weighted by Gasteiger charge is 2.34. The van der Waals surface area contributed by atoms with Crippen molar-refractivity contribution in [1.82, 2.24) is 14.8 Å². The maximum atomic E-state index is 13.6. The summed E-state index contributed by atoms with van der Waals surface area (Å²) >= 11 is 3.14. The number of nitrogens with zero attached hydrogens (tertiary/aromatic N) is 3. The third-order valence-electron chi connectivity index (χ3n) is 3.02. The second-order valence-electron chi connectivity index (χ2n) is 4.55. The number of rotatable bonds is 3. The minimum atomic E-state index is -3.97. The van der Waals surface area contributed by atoms with Gasteiger partial charge >= 0.3 is 0 Å². The molecule has 1 aromatic carbocycles. The summed E-state index contributed by atoms with van der Waals surface area (Å²) in [4.78, 5) is 0. The lowest BCUT2D eigenvalue weighted by molar-refractivity contribution is 0.567. The molecular formula is C11H10BrFN4O2S. The number of nitrogens with two attached hydrogens (primary N) is 1. The standard InChI is InChI=1S/C11H10BrFN4O2S/c12-9-7(2-1-3-8(9)13)10-15-16-11(20(14,18)19)17(10)6-4-5-6/h1-3,6H,4-5H2,(H2,14,18,19). The summed E-state index contributed by atoms with van der Waals surface area (Å²) in [6.07, 6.45) is 1.64. The normalized spacial score (nSPS) is 15.6. The fraction of sp³-hybridized carbons (Fsp3) is 0.273. The topological polar surface area (TPSA) is 90.9 Å². The predicted octanol–water partition coefficient (Wildman–Crippen LogP) is 1.83. The molecule has 1 aliphatic carbocycles. The fourth-order valence-corrected chi connectivity index (χ4v) is 3.10. The summed E-state index contributed by atoms with van der Waals surface area (Å²) < 4.78 is 38.4. The number of sulfonamides is 1. The van der Waals surface area contributed by atoms with Crippen molar-refractivity contribution in [1.29, 1.82) is 0 Å². The van der Waals surface area contributed by atoms with Gasteiger partial charge in [0.25, 0.3) is 15.2 Å². The first-order chi connectivity index (χ1) is 9.39. The second-order valence-corrected chi connectivity index (χ2v) is 6.80. The number of hydrogen-bond acceptors (Lipinski definition) is 4. The van der Waals surface area contributed by atoms with Crippen LogP contribution in [0.15, 0.2) is 27.8 Å². The summed E-state index contributed by atoms with van der Waals surface area (Å²) in [7, 11) is -3.97. The van der Waals surface area contributed by atoms with E-state index in [1.165, 1.54) is 16.7 Å². The van der Waals surface area contributed by atoms with E-state index in [1.54, 1.807) is 6.07 Å². The highest BCUT2D eigenvalue weighted by Crippen LogP contribution is 2.41. The van der Waals surface area contributed by atoms with Gasteiger partial charge < -0.3 is 0 Å². The van der Waals surface area contributed by atoms with Gasteiger partial charge in [0, 0.05) is 11.6 Å². The lowest BCUT2D eigenvalue weighted by atomic mass is 10.2. The third-order valence-corrected chi connectivity index (χ3v) is 4.62. The summed E-state index contributed by atoms with van der Waals surface area (Å²) in [5.41, 5.74) is 0.444. The first kappa shape index (κ1) is 13.7. The maximum Gasteiger partial charge on any atom is 0.273 e. The van der Waals surface area contributed by atoms with E-state index in [1.807, 2.05) is 0 Å². The number of hydrogen-bond donors (Lipinski definition) is 1. The van der Waals surface area contributed by atoms with Gasteiger partial charge in [0.2, 0.25) is 0 Å². The molecule has 0 radical (unpaired) electrons. The van der Waals surface area contributed by atoms with Crippen LogP contribution in [0.3, 0.4) is 0 Å². The van der Waals surface area contributed by atoms with E-state index in [9.17, 15) is 12.8 Å². The molecule has 20 heavy (non-hydrogen) atoms. The maximum absolute atomic E-state index is 13.6. The van der Waals surface area contributed by atoms with E-state index < -0.39 is 15.8 Å². The Morgan fingerprint density at radius 2 is 2.05 bits per heavy atom. The Labute approximate surface area is 123 Å². The highest BCUT2D eigenvalue weighted by molar-refractivity contribution is 9.10. The molecular weight excluding hydrogens is 351 g/mol. The molecule has 1 saturated carbocycles. The van der Waals surface area contributed by atoms with Crippen LogP contribution in [0.25, 0.3) is 11.4 Å². The molecule has 106 valence electrons. The highest BCUT2D eigenvalue weighted by atomic mass is 79.9. The van der Waals surface area contributed by atoms with Crippen LogP contribution in [0.1, 0.15) is 18.9 Å². The Morgan fingerprint density at radius 1 is 1.35 bits per heavy atom. The van der Waals surface area contributed by atoms with E-state index in [4.69, 9.17) is 5.14 Å². The molecule has 6 nitrogen and oxygen atoms in total. The number of benzene rings is 1. The minimum absolute atomic E-state index is 0.0107. The van der Waals surface area contributed by atoms with Crippen LogP contribution in [-0.4, -0.2) is 23.2 Å². The molecule has 0 bridgehead atoms.